The second kappa shape index (κ2) is 7.37. The Bertz CT molecular complexity index is 1170. The molecule has 0 unspecified atom stereocenters. The van der Waals surface area contributed by atoms with Crippen LogP contribution in [0, 0.1) is 0 Å². The molecule has 1 aromatic heterocycles. The normalized spacial score (nSPS) is 18.2. The number of nitrogens with zero attached hydrogens (tertiary/aromatic N) is 3. The van der Waals surface area contributed by atoms with Crippen LogP contribution in [0.2, 0.25) is 0 Å². The van der Waals surface area contributed by atoms with Crippen LogP contribution in [0.15, 0.2) is 64.5 Å². The molecule has 1 aliphatic heterocycles. The molecule has 0 bridgehead atoms. The molecule has 1 saturated heterocycles. The van der Waals surface area contributed by atoms with E-state index in [4.69, 9.17) is 4.74 Å². The Morgan fingerprint density at radius 1 is 1.14 bits per heavy atom. The molecule has 28 heavy (non-hydrogen) atoms. The van der Waals surface area contributed by atoms with Gasteiger partial charge in [0, 0.05) is 19.2 Å². The lowest BCUT2D eigenvalue weighted by atomic mass is 10.1. The molecule has 1 fully saturated rings. The summed E-state index contributed by atoms with van der Waals surface area (Å²) in [5, 5.41) is 0.540. The van der Waals surface area contributed by atoms with Gasteiger partial charge in [-0.1, -0.05) is 18.2 Å². The lowest BCUT2D eigenvalue weighted by Gasteiger charge is -2.32. The zero-order chi connectivity index (χ0) is 19.7. The van der Waals surface area contributed by atoms with Gasteiger partial charge in [0.1, 0.15) is 5.75 Å². The average molecular weight is 399 g/mol. The Balaban J connectivity index is 1.66. The van der Waals surface area contributed by atoms with Crippen molar-refractivity contribution in [3.05, 3.63) is 65.2 Å². The van der Waals surface area contributed by atoms with Gasteiger partial charge in [0.2, 0.25) is 10.0 Å². The maximum atomic E-state index is 13.1. The van der Waals surface area contributed by atoms with Gasteiger partial charge in [-0.15, -0.1) is 0 Å². The maximum Gasteiger partial charge on any atom is 0.261 e. The quantitative estimate of drug-likeness (QED) is 0.673. The third-order valence-electron chi connectivity index (χ3n) is 5.12. The predicted octanol–water partition coefficient (Wildman–Crippen LogP) is 2.43. The summed E-state index contributed by atoms with van der Waals surface area (Å²) in [7, 11) is -2.17. The number of fused-ring (bicyclic) bond motifs is 1. The summed E-state index contributed by atoms with van der Waals surface area (Å²) in [5.74, 6) is 0.490. The topological polar surface area (TPSA) is 81.5 Å². The highest BCUT2D eigenvalue weighted by Gasteiger charge is 2.31. The predicted molar refractivity (Wildman–Crippen MR) is 106 cm³/mol. The van der Waals surface area contributed by atoms with E-state index in [1.54, 1.807) is 41.0 Å². The van der Waals surface area contributed by atoms with Crippen LogP contribution >= 0.6 is 0 Å². The summed E-state index contributed by atoms with van der Waals surface area (Å²) < 4.78 is 34.3. The van der Waals surface area contributed by atoms with Crippen LogP contribution < -0.4 is 10.3 Å². The summed E-state index contributed by atoms with van der Waals surface area (Å²) in [6.07, 6.45) is 2.92. The molecule has 0 amide bonds. The lowest BCUT2D eigenvalue weighted by molar-refractivity contribution is 0.262. The van der Waals surface area contributed by atoms with E-state index in [0.29, 0.717) is 29.6 Å². The molecule has 3 aromatic rings. The second-order valence-corrected chi connectivity index (χ2v) is 8.75. The van der Waals surface area contributed by atoms with Crippen molar-refractivity contribution in [2.24, 2.45) is 0 Å². The largest absolute Gasteiger partial charge is 0.497 e. The number of hydrogen-bond donors (Lipinski definition) is 0. The lowest BCUT2D eigenvalue weighted by Crippen LogP contribution is -2.42. The van der Waals surface area contributed by atoms with Crippen LogP contribution in [0.25, 0.3) is 10.9 Å². The molecule has 7 nitrogen and oxygen atoms in total. The molecular formula is C20H21N3O4S. The molecule has 0 N–H and O–H groups in total. The molecule has 2 aromatic carbocycles. The van der Waals surface area contributed by atoms with Crippen LogP contribution in [-0.4, -0.2) is 42.5 Å². The number of rotatable bonds is 4. The number of piperidine rings is 1. The Labute approximate surface area is 163 Å². The number of hydrogen-bond acceptors (Lipinski definition) is 5. The fourth-order valence-electron chi connectivity index (χ4n) is 3.62. The van der Waals surface area contributed by atoms with Crippen LogP contribution in [-0.2, 0) is 10.0 Å². The molecule has 1 atom stereocenters. The Kier molecular flexibility index (Phi) is 4.91. The number of benzene rings is 2. The summed E-state index contributed by atoms with van der Waals surface area (Å²) in [4.78, 5) is 17.4. The first-order valence-electron chi connectivity index (χ1n) is 9.11. The SMILES string of the molecule is COc1cccc(S(=O)(=O)N2CCC[C@@H](n3cnc4ccccc4c3=O)C2)c1. The molecule has 8 heteroatoms. The minimum absolute atomic E-state index is 0.142. The van der Waals surface area contributed by atoms with Crippen LogP contribution in [0.1, 0.15) is 18.9 Å². The van der Waals surface area contributed by atoms with Crippen molar-refractivity contribution >= 4 is 20.9 Å². The minimum Gasteiger partial charge on any atom is -0.497 e. The van der Waals surface area contributed by atoms with Gasteiger partial charge in [0.25, 0.3) is 5.56 Å². The molecule has 0 aliphatic carbocycles. The third-order valence-corrected chi connectivity index (χ3v) is 6.98. The van der Waals surface area contributed by atoms with Gasteiger partial charge >= 0.3 is 0 Å². The van der Waals surface area contributed by atoms with E-state index in [0.717, 1.165) is 6.42 Å². The summed E-state index contributed by atoms with van der Waals surface area (Å²) in [5.41, 5.74) is 0.497. The molecule has 2 heterocycles. The van der Waals surface area contributed by atoms with E-state index in [9.17, 15) is 13.2 Å². The van der Waals surface area contributed by atoms with Crippen molar-refractivity contribution in [1.82, 2.24) is 13.9 Å². The molecule has 4 rings (SSSR count). The molecule has 0 saturated carbocycles. The Hall–Kier alpha value is -2.71. The number of aromatic nitrogens is 2. The van der Waals surface area contributed by atoms with Crippen LogP contribution in [0.5, 0.6) is 5.75 Å². The van der Waals surface area contributed by atoms with Gasteiger partial charge < -0.3 is 4.74 Å². The molecule has 146 valence electrons. The Morgan fingerprint density at radius 3 is 2.79 bits per heavy atom. The monoisotopic (exact) mass is 399 g/mol. The average Bonchev–Trinajstić information content (AvgIpc) is 2.74. The first-order chi connectivity index (χ1) is 13.5. The van der Waals surface area contributed by atoms with E-state index in [-0.39, 0.29) is 23.0 Å². The highest BCUT2D eigenvalue weighted by atomic mass is 32.2. The van der Waals surface area contributed by atoms with Crippen molar-refractivity contribution < 1.29 is 13.2 Å². The maximum absolute atomic E-state index is 13.1. The van der Waals surface area contributed by atoms with Gasteiger partial charge in [-0.2, -0.15) is 4.31 Å². The van der Waals surface area contributed by atoms with Gasteiger partial charge in [-0.25, -0.2) is 13.4 Å². The number of methoxy groups -OCH3 is 1. The van der Waals surface area contributed by atoms with E-state index < -0.39 is 10.0 Å². The van der Waals surface area contributed by atoms with Gasteiger partial charge in [0.15, 0.2) is 0 Å². The van der Waals surface area contributed by atoms with Crippen LogP contribution in [0.3, 0.4) is 0 Å². The van der Waals surface area contributed by atoms with Gasteiger partial charge in [0.05, 0.1) is 35.3 Å². The zero-order valence-corrected chi connectivity index (χ0v) is 16.3. The zero-order valence-electron chi connectivity index (χ0n) is 15.5. The van der Waals surface area contributed by atoms with Crippen LogP contribution in [0.4, 0.5) is 0 Å². The number of sulfonamides is 1. The van der Waals surface area contributed by atoms with Crippen molar-refractivity contribution in [3.63, 3.8) is 0 Å². The summed E-state index contributed by atoms with van der Waals surface area (Å²) >= 11 is 0. The van der Waals surface area contributed by atoms with Crippen molar-refractivity contribution in [2.45, 2.75) is 23.8 Å². The van der Waals surface area contributed by atoms with E-state index >= 15 is 0 Å². The third kappa shape index (κ3) is 3.29. The highest BCUT2D eigenvalue weighted by molar-refractivity contribution is 7.89. The second-order valence-electron chi connectivity index (χ2n) is 6.81. The van der Waals surface area contributed by atoms with Crippen molar-refractivity contribution in [1.29, 1.82) is 0 Å². The van der Waals surface area contributed by atoms with E-state index in [2.05, 4.69) is 4.98 Å². The molecule has 1 aliphatic rings. The fourth-order valence-corrected chi connectivity index (χ4v) is 5.17. The molecular weight excluding hydrogens is 378 g/mol. The summed E-state index contributed by atoms with van der Waals surface area (Å²) in [6, 6.07) is 13.4. The smallest absolute Gasteiger partial charge is 0.261 e. The molecule has 0 radical (unpaired) electrons. The standard InChI is InChI=1S/C20H21N3O4S/c1-27-16-7-4-8-17(12-16)28(25,26)22-11-5-6-15(13-22)23-14-21-19-10-3-2-9-18(19)20(23)24/h2-4,7-10,12,14-15H,5-6,11,13H2,1H3/t15-/m1/s1. The minimum atomic E-state index is -3.67. The fraction of sp³-hybridized carbons (Fsp3) is 0.300. The van der Waals surface area contributed by atoms with Gasteiger partial charge in [-0.05, 0) is 37.1 Å². The van der Waals surface area contributed by atoms with Crippen molar-refractivity contribution in [2.75, 3.05) is 20.2 Å². The highest BCUT2D eigenvalue weighted by Crippen LogP contribution is 2.27. The number of ether oxygens (including phenoxy) is 1. The van der Waals surface area contributed by atoms with Crippen molar-refractivity contribution in [3.8, 4) is 5.75 Å². The summed E-state index contributed by atoms with van der Waals surface area (Å²) in [6.45, 7) is 0.658. The Morgan fingerprint density at radius 2 is 1.96 bits per heavy atom. The van der Waals surface area contributed by atoms with E-state index in [1.807, 2.05) is 6.07 Å². The van der Waals surface area contributed by atoms with E-state index in [1.165, 1.54) is 23.8 Å². The first kappa shape index (κ1) is 18.6. The van der Waals surface area contributed by atoms with Gasteiger partial charge in [-0.3, -0.25) is 9.36 Å². The molecule has 0 spiro atoms. The first-order valence-corrected chi connectivity index (χ1v) is 10.5. The number of para-hydroxylation sites is 1.